The molecule has 4 fully saturated rings. The van der Waals surface area contributed by atoms with Crippen LogP contribution in [0.25, 0.3) is 0 Å². The maximum Gasteiger partial charge on any atom is 0.331 e. The van der Waals surface area contributed by atoms with Crippen LogP contribution < -0.4 is 17.0 Å². The maximum atomic E-state index is 13.9. The molecule has 4 saturated heterocycles. The van der Waals surface area contributed by atoms with E-state index in [1.165, 1.54) is 31.5 Å². The van der Waals surface area contributed by atoms with Gasteiger partial charge >= 0.3 is 5.97 Å². The molecule has 0 amide bonds. The highest BCUT2D eigenvalue weighted by Crippen LogP contribution is 2.38. The van der Waals surface area contributed by atoms with E-state index in [0.29, 0.717) is 5.92 Å². The van der Waals surface area contributed by atoms with Gasteiger partial charge in [0.1, 0.15) is 12.1 Å². The van der Waals surface area contributed by atoms with Crippen molar-refractivity contribution in [2.24, 2.45) is 5.92 Å². The van der Waals surface area contributed by atoms with E-state index in [9.17, 15) is 4.79 Å². The number of benzene rings is 1. The van der Waals surface area contributed by atoms with E-state index in [2.05, 4.69) is 35.0 Å². The average molecular weight is 561 g/mol. The van der Waals surface area contributed by atoms with Crippen molar-refractivity contribution < 1.29 is 31.0 Å². The lowest BCUT2D eigenvalue weighted by Crippen LogP contribution is -3.00. The van der Waals surface area contributed by atoms with Crippen molar-refractivity contribution in [1.29, 1.82) is 0 Å². The number of esters is 1. The molecule has 0 N–H and O–H groups in total. The van der Waals surface area contributed by atoms with E-state index in [1.54, 1.807) is 0 Å². The van der Waals surface area contributed by atoms with Gasteiger partial charge in [-0.1, -0.05) is 36.4 Å². The summed E-state index contributed by atoms with van der Waals surface area (Å²) in [6.07, 6.45) is 8.43. The van der Waals surface area contributed by atoms with E-state index < -0.39 is 5.54 Å². The zero-order chi connectivity index (χ0) is 23.4. The monoisotopic (exact) mass is 559 g/mol. The summed E-state index contributed by atoms with van der Waals surface area (Å²) in [5, 5.41) is 0. The Balaban J connectivity index is 0.00000289. The summed E-state index contributed by atoms with van der Waals surface area (Å²) in [5.41, 5.74) is 1.64. The smallest absolute Gasteiger partial charge is 0.331 e. The molecule has 1 aromatic heterocycles. The van der Waals surface area contributed by atoms with Crippen LogP contribution >= 0.6 is 11.8 Å². The molecule has 4 aliphatic rings. The maximum absolute atomic E-state index is 13.9. The van der Waals surface area contributed by atoms with Gasteiger partial charge in [-0.15, -0.1) is 0 Å². The summed E-state index contributed by atoms with van der Waals surface area (Å²) in [5.74, 6) is 2.59. The van der Waals surface area contributed by atoms with Crippen LogP contribution in [0.2, 0.25) is 0 Å². The van der Waals surface area contributed by atoms with Crippen LogP contribution in [0.5, 0.6) is 0 Å². The molecule has 2 bridgehead atoms. The number of pyridine rings is 1. The molecule has 2 atom stereocenters. The zero-order valence-corrected chi connectivity index (χ0v) is 23.2. The molecule has 0 saturated carbocycles. The minimum atomic E-state index is -0.723. The summed E-state index contributed by atoms with van der Waals surface area (Å²) in [6, 6.07) is 14.5. The zero-order valence-electron chi connectivity index (χ0n) is 20.8. The first-order chi connectivity index (χ1) is 16.6. The Morgan fingerprint density at radius 2 is 1.89 bits per heavy atom. The fourth-order valence-corrected chi connectivity index (χ4v) is 7.19. The van der Waals surface area contributed by atoms with Crippen LogP contribution in [-0.2, 0) is 21.5 Å². The van der Waals surface area contributed by atoms with Crippen molar-refractivity contribution in [3.05, 3.63) is 66.0 Å². The first-order valence-corrected chi connectivity index (χ1v) is 14.1. The van der Waals surface area contributed by atoms with Crippen molar-refractivity contribution >= 4 is 17.7 Å². The molecule has 1 aromatic carbocycles. The van der Waals surface area contributed by atoms with Crippen LogP contribution in [0.1, 0.15) is 37.3 Å². The second kappa shape index (κ2) is 11.8. The third-order valence-electron chi connectivity index (χ3n) is 8.50. The Morgan fingerprint density at radius 1 is 1.14 bits per heavy atom. The Morgan fingerprint density at radius 3 is 2.57 bits per heavy atom. The number of carbonyl (C=O) groups is 1. The number of aromatic nitrogens is 1. The number of rotatable bonds is 8. The van der Waals surface area contributed by atoms with Gasteiger partial charge in [-0.05, 0) is 30.5 Å². The Bertz CT molecular complexity index is 949. The van der Waals surface area contributed by atoms with Gasteiger partial charge in [0, 0.05) is 62.2 Å². The number of hydrogen-bond donors (Lipinski definition) is 0. The number of aryl methyl sites for hydroxylation is 1. The number of hydrogen-bond acceptors (Lipinski definition) is 5. The predicted octanol–water partition coefficient (Wildman–Crippen LogP) is 1.13. The molecule has 6 rings (SSSR count). The number of ether oxygens (including phenoxy) is 1. The van der Waals surface area contributed by atoms with Gasteiger partial charge in [0.15, 0.2) is 6.10 Å². The highest BCUT2D eigenvalue weighted by Gasteiger charge is 2.50. The van der Waals surface area contributed by atoms with Crippen LogP contribution in [0.3, 0.4) is 0 Å². The summed E-state index contributed by atoms with van der Waals surface area (Å²) < 4.78 is 7.58. The van der Waals surface area contributed by atoms with Gasteiger partial charge in [0.2, 0.25) is 0 Å². The first-order valence-electron chi connectivity index (χ1n) is 12.9. The summed E-state index contributed by atoms with van der Waals surface area (Å²) in [6.45, 7) is 8.52. The van der Waals surface area contributed by atoms with E-state index >= 15 is 0 Å². The van der Waals surface area contributed by atoms with E-state index in [1.807, 2.05) is 48.4 Å². The molecule has 190 valence electrons. The lowest BCUT2D eigenvalue weighted by molar-refractivity contribution is -0.946. The van der Waals surface area contributed by atoms with E-state index in [-0.39, 0.29) is 29.1 Å². The van der Waals surface area contributed by atoms with Crippen molar-refractivity contribution in [1.82, 2.24) is 9.88 Å². The van der Waals surface area contributed by atoms with Gasteiger partial charge in [-0.2, -0.15) is 11.8 Å². The number of fused-ring (bicyclic) bond motifs is 3. The molecule has 0 aliphatic carbocycles. The van der Waals surface area contributed by atoms with Crippen molar-refractivity contribution in [3.63, 3.8) is 0 Å². The van der Waals surface area contributed by atoms with Gasteiger partial charge in [-0.25, -0.2) is 4.79 Å². The van der Waals surface area contributed by atoms with E-state index in [4.69, 9.17) is 4.74 Å². The molecular weight excluding hydrogens is 522 g/mol. The third kappa shape index (κ3) is 5.79. The van der Waals surface area contributed by atoms with Crippen molar-refractivity contribution in [3.8, 4) is 0 Å². The van der Waals surface area contributed by atoms with Gasteiger partial charge in [-0.3, -0.25) is 9.88 Å². The van der Waals surface area contributed by atoms with Crippen LogP contribution in [0.15, 0.2) is 54.9 Å². The number of carbonyl (C=O) groups excluding carboxylic acids is 1. The molecule has 2 aromatic rings. The molecular formula is C28H38BrN3O2S. The Labute approximate surface area is 225 Å². The minimum Gasteiger partial charge on any atom is -1.00 e. The van der Waals surface area contributed by atoms with E-state index in [0.717, 1.165) is 60.6 Å². The summed E-state index contributed by atoms with van der Waals surface area (Å²) >= 11 is 1.97. The standard InChI is InChI=1S/C28H38N3O2S.BrH/c1-28(25-9-3-2-4-10-25,30-14-19-34-20-15-30)27(32)33-26-22-31(17-11-24(26)12-18-31)16-6-8-23-7-5-13-29-21-23;/h2-5,7,9-10,13,21,24,26H,6,8,11-12,14-20,22H2,1H3;1H/q+1;/p-1/t24?,26-,28?,31?;/m0./s1. The summed E-state index contributed by atoms with van der Waals surface area (Å²) in [4.78, 5) is 20.5. The molecule has 7 heteroatoms. The van der Waals surface area contributed by atoms with Gasteiger partial charge in [0.25, 0.3) is 0 Å². The minimum absolute atomic E-state index is 0. The van der Waals surface area contributed by atoms with Crippen molar-refractivity contribution in [2.45, 2.75) is 44.2 Å². The number of quaternary nitrogens is 1. The third-order valence-corrected chi connectivity index (χ3v) is 9.44. The van der Waals surface area contributed by atoms with Crippen LogP contribution in [0.4, 0.5) is 0 Å². The normalized spacial score (nSPS) is 28.0. The molecule has 1 unspecified atom stereocenters. The Kier molecular flexibility index (Phi) is 8.95. The topological polar surface area (TPSA) is 42.4 Å². The fraction of sp³-hybridized carbons (Fsp3) is 0.571. The molecule has 5 nitrogen and oxygen atoms in total. The second-order valence-corrected chi connectivity index (χ2v) is 11.7. The molecule has 0 spiro atoms. The average Bonchev–Trinajstić information content (AvgIpc) is 2.90. The number of halogens is 1. The molecule has 4 aliphatic heterocycles. The number of thioether (sulfide) groups is 1. The largest absolute Gasteiger partial charge is 1.00 e. The van der Waals surface area contributed by atoms with Crippen LogP contribution in [0, 0.1) is 5.92 Å². The predicted molar refractivity (Wildman–Crippen MR) is 138 cm³/mol. The molecule has 35 heavy (non-hydrogen) atoms. The highest BCUT2D eigenvalue weighted by molar-refractivity contribution is 7.99. The number of piperidine rings is 3. The summed E-state index contributed by atoms with van der Waals surface area (Å²) in [7, 11) is 0. The Hall–Kier alpha value is -1.41. The number of nitrogens with zero attached hydrogens (tertiary/aromatic N) is 3. The lowest BCUT2D eigenvalue weighted by Gasteiger charge is -2.53. The second-order valence-electron chi connectivity index (χ2n) is 10.5. The van der Waals surface area contributed by atoms with Gasteiger partial charge < -0.3 is 26.2 Å². The molecule has 5 heterocycles. The van der Waals surface area contributed by atoms with Gasteiger partial charge in [0.05, 0.1) is 19.6 Å². The van der Waals surface area contributed by atoms with Crippen molar-refractivity contribution in [2.75, 3.05) is 50.8 Å². The quantitative estimate of drug-likeness (QED) is 0.358. The molecule has 0 radical (unpaired) electrons. The van der Waals surface area contributed by atoms with Crippen LogP contribution in [-0.4, -0.2) is 77.2 Å². The SMILES string of the molecule is CC(C(=O)O[C@H]1C[N+]2(CCCc3cccnc3)CCC1CC2)(c1ccccc1)N1CCSCC1.[Br-]. The highest BCUT2D eigenvalue weighted by atomic mass is 79.9. The fourth-order valence-electron chi connectivity index (χ4n) is 6.29. The lowest BCUT2D eigenvalue weighted by atomic mass is 9.82. The first kappa shape index (κ1) is 26.6.